The number of thioether (sulfide) groups is 1. The van der Waals surface area contributed by atoms with Crippen LogP contribution in [0.2, 0.25) is 5.02 Å². The molecule has 0 amide bonds. The largest absolute Gasteiger partial charge is 0.477 e. The molecule has 1 N–H and O–H groups in total. The van der Waals surface area contributed by atoms with Crippen LogP contribution in [0.4, 0.5) is 0 Å². The van der Waals surface area contributed by atoms with Crippen LogP contribution in [-0.2, 0) is 19.6 Å². The quantitative estimate of drug-likeness (QED) is 0.512. The van der Waals surface area contributed by atoms with Crippen LogP contribution in [0.3, 0.4) is 0 Å². The lowest BCUT2D eigenvalue weighted by atomic mass is 10.2. The van der Waals surface area contributed by atoms with E-state index in [9.17, 15) is 13.2 Å². The van der Waals surface area contributed by atoms with Gasteiger partial charge in [0.25, 0.3) is 0 Å². The van der Waals surface area contributed by atoms with Crippen molar-refractivity contribution in [1.82, 2.24) is 4.72 Å². The third kappa shape index (κ3) is 5.87. The van der Waals surface area contributed by atoms with Gasteiger partial charge in [0.05, 0.1) is 18.6 Å². The summed E-state index contributed by atoms with van der Waals surface area (Å²) in [4.78, 5) is 13.1. The zero-order chi connectivity index (χ0) is 20.0. The van der Waals surface area contributed by atoms with Crippen LogP contribution in [0.25, 0.3) is 0 Å². The second-order valence-corrected chi connectivity index (χ2v) is 8.62. The van der Waals surface area contributed by atoms with Crippen LogP contribution in [0.5, 0.6) is 5.75 Å². The van der Waals surface area contributed by atoms with Crippen molar-refractivity contribution in [2.75, 3.05) is 19.9 Å². The lowest BCUT2D eigenvalue weighted by molar-refractivity contribution is -0.148. The standard InChI is InChI=1S/C18H20ClNO5S2/c1-12-10-14(6-9-17(12)26-3)25-16(18(21)24-2)11-20-27(22,23)15-7-4-13(19)5-8-15/h4-10,16,20H,11H2,1-3H3. The van der Waals surface area contributed by atoms with Gasteiger partial charge < -0.3 is 9.47 Å². The smallest absolute Gasteiger partial charge is 0.348 e. The summed E-state index contributed by atoms with van der Waals surface area (Å²) >= 11 is 7.37. The summed E-state index contributed by atoms with van der Waals surface area (Å²) in [7, 11) is -2.61. The van der Waals surface area contributed by atoms with Crippen molar-refractivity contribution >= 4 is 39.4 Å². The summed E-state index contributed by atoms with van der Waals surface area (Å²) in [6, 6.07) is 11.1. The fourth-order valence-corrected chi connectivity index (χ4v) is 4.02. The van der Waals surface area contributed by atoms with E-state index in [2.05, 4.69) is 4.72 Å². The third-order valence-electron chi connectivity index (χ3n) is 3.69. The van der Waals surface area contributed by atoms with Gasteiger partial charge in [0.1, 0.15) is 5.75 Å². The van der Waals surface area contributed by atoms with Crippen LogP contribution in [0.15, 0.2) is 52.3 Å². The Morgan fingerprint density at radius 2 is 1.89 bits per heavy atom. The highest BCUT2D eigenvalue weighted by Crippen LogP contribution is 2.25. The fraction of sp³-hybridized carbons (Fsp3) is 0.278. The maximum Gasteiger partial charge on any atom is 0.348 e. The molecule has 6 nitrogen and oxygen atoms in total. The van der Waals surface area contributed by atoms with Crippen LogP contribution in [-0.4, -0.2) is 40.4 Å². The van der Waals surface area contributed by atoms with Gasteiger partial charge in [-0.3, -0.25) is 0 Å². The van der Waals surface area contributed by atoms with Crippen molar-refractivity contribution in [3.8, 4) is 5.75 Å². The van der Waals surface area contributed by atoms with Crippen LogP contribution in [0.1, 0.15) is 5.56 Å². The Morgan fingerprint density at radius 1 is 1.22 bits per heavy atom. The predicted molar refractivity (Wildman–Crippen MR) is 106 cm³/mol. The molecule has 0 fully saturated rings. The Labute approximate surface area is 168 Å². The molecule has 0 aliphatic heterocycles. The molecule has 0 spiro atoms. The Kier molecular flexibility index (Phi) is 7.55. The van der Waals surface area contributed by atoms with E-state index >= 15 is 0 Å². The minimum atomic E-state index is -3.82. The first kappa shape index (κ1) is 21.6. The lowest BCUT2D eigenvalue weighted by Gasteiger charge is -2.18. The molecule has 1 atom stereocenters. The van der Waals surface area contributed by atoms with Crippen LogP contribution < -0.4 is 9.46 Å². The number of benzene rings is 2. The Morgan fingerprint density at radius 3 is 2.44 bits per heavy atom. The Bertz CT molecular complexity index is 900. The van der Waals surface area contributed by atoms with Gasteiger partial charge in [0.15, 0.2) is 0 Å². The van der Waals surface area contributed by atoms with E-state index in [1.54, 1.807) is 23.9 Å². The number of hydrogen-bond donors (Lipinski definition) is 1. The monoisotopic (exact) mass is 429 g/mol. The molecule has 1 unspecified atom stereocenters. The number of carbonyl (C=O) groups excluding carboxylic acids is 1. The summed E-state index contributed by atoms with van der Waals surface area (Å²) in [6.07, 6.45) is 0.836. The Balaban J connectivity index is 2.13. The van der Waals surface area contributed by atoms with E-state index in [-0.39, 0.29) is 11.4 Å². The molecule has 27 heavy (non-hydrogen) atoms. The highest BCUT2D eigenvalue weighted by molar-refractivity contribution is 7.98. The maximum absolute atomic E-state index is 12.4. The van der Waals surface area contributed by atoms with Gasteiger partial charge in [-0.2, -0.15) is 0 Å². The fourth-order valence-electron chi connectivity index (χ4n) is 2.28. The number of ether oxygens (including phenoxy) is 2. The number of methoxy groups -OCH3 is 1. The molecule has 146 valence electrons. The molecule has 0 aromatic heterocycles. The minimum absolute atomic E-state index is 0.0377. The van der Waals surface area contributed by atoms with E-state index in [1.807, 2.05) is 19.2 Å². The number of esters is 1. The topological polar surface area (TPSA) is 81.7 Å². The first-order valence-electron chi connectivity index (χ1n) is 7.91. The predicted octanol–water partition coefficient (Wildman–Crippen LogP) is 3.27. The van der Waals surface area contributed by atoms with Crippen molar-refractivity contribution in [2.24, 2.45) is 0 Å². The lowest BCUT2D eigenvalue weighted by Crippen LogP contribution is -2.41. The van der Waals surface area contributed by atoms with E-state index in [1.165, 1.54) is 31.4 Å². The van der Waals surface area contributed by atoms with E-state index in [0.717, 1.165) is 10.5 Å². The third-order valence-corrected chi connectivity index (χ3v) is 6.28. The van der Waals surface area contributed by atoms with Gasteiger partial charge in [-0.05, 0) is 61.2 Å². The summed E-state index contributed by atoms with van der Waals surface area (Å²) < 4.78 is 37.5. The van der Waals surface area contributed by atoms with Crippen LogP contribution >= 0.6 is 23.4 Å². The van der Waals surface area contributed by atoms with Gasteiger partial charge in [-0.1, -0.05) is 11.6 Å². The zero-order valence-electron chi connectivity index (χ0n) is 15.1. The second-order valence-electron chi connectivity index (χ2n) is 5.57. The summed E-state index contributed by atoms with van der Waals surface area (Å²) in [5.74, 6) is -0.230. The first-order valence-corrected chi connectivity index (χ1v) is 11.0. The average Bonchev–Trinajstić information content (AvgIpc) is 2.65. The van der Waals surface area contributed by atoms with Gasteiger partial charge >= 0.3 is 5.97 Å². The van der Waals surface area contributed by atoms with Gasteiger partial charge in [0.2, 0.25) is 16.1 Å². The molecule has 0 heterocycles. The van der Waals surface area contributed by atoms with Crippen LogP contribution in [0, 0.1) is 6.92 Å². The maximum atomic E-state index is 12.4. The van der Waals surface area contributed by atoms with Gasteiger partial charge in [0, 0.05) is 9.92 Å². The highest BCUT2D eigenvalue weighted by Gasteiger charge is 2.25. The molecule has 2 aromatic rings. The number of sulfonamides is 1. The molecule has 2 rings (SSSR count). The minimum Gasteiger partial charge on any atom is -0.477 e. The normalized spacial score (nSPS) is 12.4. The summed E-state index contributed by atoms with van der Waals surface area (Å²) in [5.41, 5.74) is 0.991. The van der Waals surface area contributed by atoms with Gasteiger partial charge in [-0.25, -0.2) is 17.9 Å². The molecule has 0 saturated heterocycles. The van der Waals surface area contributed by atoms with Crippen molar-refractivity contribution in [1.29, 1.82) is 0 Å². The molecule has 0 radical (unpaired) electrons. The SMILES string of the molecule is COC(=O)C(CNS(=O)(=O)c1ccc(Cl)cc1)Oc1ccc(SC)c(C)c1. The van der Waals surface area contributed by atoms with Crippen molar-refractivity contribution in [3.63, 3.8) is 0 Å². The molecule has 2 aromatic carbocycles. The molecular weight excluding hydrogens is 410 g/mol. The molecule has 0 aliphatic carbocycles. The highest BCUT2D eigenvalue weighted by atomic mass is 35.5. The first-order chi connectivity index (χ1) is 12.8. The summed E-state index contributed by atoms with van der Waals surface area (Å²) in [6.45, 7) is 1.65. The molecular formula is C18H20ClNO5S2. The van der Waals surface area contributed by atoms with Crippen molar-refractivity contribution in [2.45, 2.75) is 22.8 Å². The molecule has 9 heteroatoms. The number of hydrogen-bond acceptors (Lipinski definition) is 6. The van der Waals surface area contributed by atoms with E-state index < -0.39 is 22.1 Å². The number of carbonyl (C=O) groups is 1. The Hall–Kier alpha value is -1.74. The van der Waals surface area contributed by atoms with Crippen molar-refractivity contribution in [3.05, 3.63) is 53.1 Å². The zero-order valence-corrected chi connectivity index (χ0v) is 17.5. The van der Waals surface area contributed by atoms with Gasteiger partial charge in [-0.15, -0.1) is 11.8 Å². The number of nitrogens with one attached hydrogen (secondary N) is 1. The average molecular weight is 430 g/mol. The number of halogens is 1. The number of aryl methyl sites for hydroxylation is 1. The van der Waals surface area contributed by atoms with E-state index in [4.69, 9.17) is 21.1 Å². The second kappa shape index (κ2) is 9.45. The van der Waals surface area contributed by atoms with Crippen molar-refractivity contribution < 1.29 is 22.7 Å². The number of rotatable bonds is 8. The summed E-state index contributed by atoms with van der Waals surface area (Å²) in [5, 5.41) is 0.425. The molecule has 0 aliphatic rings. The van der Waals surface area contributed by atoms with E-state index in [0.29, 0.717) is 10.8 Å². The molecule has 0 bridgehead atoms. The molecule has 0 saturated carbocycles.